The van der Waals surface area contributed by atoms with Gasteiger partial charge in [0.25, 0.3) is 18.2 Å². The second-order valence-electron chi connectivity index (χ2n) is 13.1. The summed E-state index contributed by atoms with van der Waals surface area (Å²) in [5.41, 5.74) is 0.0252. The van der Waals surface area contributed by atoms with Crippen molar-refractivity contribution in [2.75, 3.05) is 30.3 Å². The molecule has 0 saturated carbocycles. The second kappa shape index (κ2) is 14.6. The number of hydrogen-bond donors (Lipinski definition) is 3. The van der Waals surface area contributed by atoms with Crippen molar-refractivity contribution in [3.8, 4) is 11.5 Å². The first-order valence-electron chi connectivity index (χ1n) is 16.8. The highest BCUT2D eigenvalue weighted by molar-refractivity contribution is 6.05. The molecule has 2 fully saturated rings. The number of piperidine rings is 2. The molecule has 2 saturated heterocycles. The van der Waals surface area contributed by atoms with Gasteiger partial charge in [-0.15, -0.1) is 0 Å². The Morgan fingerprint density at radius 1 is 1.09 bits per heavy atom. The Kier molecular flexibility index (Phi) is 9.86. The molecule has 1 atom stereocenters. The van der Waals surface area contributed by atoms with Crippen LogP contribution < -0.4 is 16.0 Å². The van der Waals surface area contributed by atoms with Crippen LogP contribution in [0.4, 0.5) is 37.8 Å². The molecule has 4 aromatic rings. The van der Waals surface area contributed by atoms with Crippen molar-refractivity contribution < 1.29 is 49.9 Å². The quantitative estimate of drug-likeness (QED) is 0.151. The highest BCUT2D eigenvalue weighted by Crippen LogP contribution is 2.33. The highest BCUT2D eigenvalue weighted by Gasteiger charge is 2.41. The monoisotopic (exact) mass is 759 g/mol. The lowest BCUT2D eigenvalue weighted by Gasteiger charge is -2.32. The molecule has 3 N–H and O–H groups in total. The molecule has 284 valence electrons. The molecule has 6 heterocycles. The number of halogens is 6. The minimum Gasteiger partial charge on any atom is -0.444 e. The molecular formula is C34H31F6N9O5. The van der Waals surface area contributed by atoms with Crippen LogP contribution in [0, 0.1) is 5.82 Å². The Balaban J connectivity index is 0.966. The minimum atomic E-state index is -4.47. The zero-order valence-corrected chi connectivity index (χ0v) is 28.1. The molecule has 0 aliphatic carbocycles. The first-order chi connectivity index (χ1) is 25.7. The molecule has 1 aromatic carbocycles. The highest BCUT2D eigenvalue weighted by atomic mass is 19.4. The predicted octanol–water partition coefficient (Wildman–Crippen LogP) is 4.83. The van der Waals surface area contributed by atoms with E-state index in [4.69, 9.17) is 4.42 Å². The van der Waals surface area contributed by atoms with Crippen LogP contribution in [0.3, 0.4) is 0 Å². The van der Waals surface area contributed by atoms with Gasteiger partial charge in [-0.2, -0.15) is 18.3 Å². The number of carbonyl (C=O) groups excluding carboxylic acids is 4. The topological polar surface area (TPSA) is 168 Å². The molecule has 4 amide bonds. The number of anilines is 2. The fourth-order valence-corrected chi connectivity index (χ4v) is 6.81. The lowest BCUT2D eigenvalue weighted by molar-refractivity contribution is -0.137. The number of hydrogen-bond acceptors (Lipinski definition) is 10. The number of fused-ring (bicyclic) bond motifs is 1. The first-order valence-corrected chi connectivity index (χ1v) is 16.8. The van der Waals surface area contributed by atoms with E-state index in [-0.39, 0.29) is 59.6 Å². The molecule has 14 nitrogen and oxygen atoms in total. The van der Waals surface area contributed by atoms with Crippen molar-refractivity contribution in [3.05, 3.63) is 76.8 Å². The molecule has 0 radical (unpaired) electrons. The summed E-state index contributed by atoms with van der Waals surface area (Å²) in [4.78, 5) is 61.1. The van der Waals surface area contributed by atoms with E-state index in [2.05, 4.69) is 31.0 Å². The fourth-order valence-electron chi connectivity index (χ4n) is 6.81. The van der Waals surface area contributed by atoms with E-state index in [0.717, 1.165) is 6.26 Å². The SMILES string of the molecule is O=C1CCC(N2Cc3cc(CN4CCC(n5cc(NC(=O)c6coc(-c7ccnc(NCC(F)(F)F)c7)n6)c(C(F)F)n5)CC4)cc(F)c3C2=O)C(=O)N1. The normalized spacial score (nSPS) is 18.3. The number of oxazole rings is 1. The Bertz CT molecular complexity index is 2110. The third-order valence-corrected chi connectivity index (χ3v) is 9.40. The summed E-state index contributed by atoms with van der Waals surface area (Å²) >= 11 is 0. The van der Waals surface area contributed by atoms with Gasteiger partial charge in [0, 0.05) is 50.6 Å². The van der Waals surface area contributed by atoms with Gasteiger partial charge in [0.15, 0.2) is 11.4 Å². The van der Waals surface area contributed by atoms with E-state index >= 15 is 4.39 Å². The number of carbonyl (C=O) groups is 4. The van der Waals surface area contributed by atoms with Gasteiger partial charge in [-0.25, -0.2) is 23.1 Å². The van der Waals surface area contributed by atoms with Gasteiger partial charge in [0.2, 0.25) is 17.7 Å². The Morgan fingerprint density at radius 2 is 1.87 bits per heavy atom. The van der Waals surface area contributed by atoms with Gasteiger partial charge in [-0.3, -0.25) is 34.1 Å². The summed E-state index contributed by atoms with van der Waals surface area (Å²) < 4.78 is 87.7. The average molecular weight is 760 g/mol. The minimum absolute atomic E-state index is 0.0351. The van der Waals surface area contributed by atoms with Crippen LogP contribution in [0.15, 0.2) is 47.3 Å². The van der Waals surface area contributed by atoms with Crippen LogP contribution in [0.1, 0.15) is 75.8 Å². The van der Waals surface area contributed by atoms with Crippen LogP contribution in [0.5, 0.6) is 0 Å². The van der Waals surface area contributed by atoms with E-state index in [0.29, 0.717) is 43.6 Å². The molecule has 20 heteroatoms. The van der Waals surface area contributed by atoms with E-state index < -0.39 is 60.3 Å². The molecule has 3 aliphatic rings. The van der Waals surface area contributed by atoms with E-state index in [1.165, 1.54) is 40.2 Å². The molecule has 0 bridgehead atoms. The fraction of sp³-hybridized carbons (Fsp3) is 0.382. The molecule has 7 rings (SSSR count). The van der Waals surface area contributed by atoms with Crippen LogP contribution in [0.2, 0.25) is 0 Å². The predicted molar refractivity (Wildman–Crippen MR) is 175 cm³/mol. The van der Waals surface area contributed by atoms with Gasteiger partial charge in [0.1, 0.15) is 30.5 Å². The molecule has 0 spiro atoms. The lowest BCUT2D eigenvalue weighted by atomic mass is 10.0. The third kappa shape index (κ3) is 7.78. The Morgan fingerprint density at radius 3 is 2.59 bits per heavy atom. The maximum atomic E-state index is 15.2. The Hall–Kier alpha value is -5.79. The maximum Gasteiger partial charge on any atom is 0.405 e. The number of imide groups is 1. The molecule has 54 heavy (non-hydrogen) atoms. The summed E-state index contributed by atoms with van der Waals surface area (Å²) in [5, 5.41) is 10.8. The lowest BCUT2D eigenvalue weighted by Crippen LogP contribution is -2.52. The summed E-state index contributed by atoms with van der Waals surface area (Å²) in [5.74, 6) is -3.41. The van der Waals surface area contributed by atoms with Gasteiger partial charge in [-0.05, 0) is 48.6 Å². The van der Waals surface area contributed by atoms with Gasteiger partial charge >= 0.3 is 6.18 Å². The first kappa shape index (κ1) is 36.6. The number of nitrogens with one attached hydrogen (secondary N) is 3. The number of rotatable bonds is 10. The van der Waals surface area contributed by atoms with Crippen LogP contribution >= 0.6 is 0 Å². The molecule has 1 unspecified atom stereocenters. The van der Waals surface area contributed by atoms with Crippen molar-refractivity contribution in [2.24, 2.45) is 0 Å². The maximum absolute atomic E-state index is 15.2. The average Bonchev–Trinajstić information content (AvgIpc) is 3.86. The number of alkyl halides is 5. The number of aromatic nitrogens is 4. The van der Waals surface area contributed by atoms with Crippen LogP contribution in [-0.4, -0.2) is 85.0 Å². The zero-order chi connectivity index (χ0) is 38.3. The smallest absolute Gasteiger partial charge is 0.405 e. The summed E-state index contributed by atoms with van der Waals surface area (Å²) in [6.07, 6.45) is -2.76. The number of benzene rings is 1. The zero-order valence-electron chi connectivity index (χ0n) is 28.1. The summed E-state index contributed by atoms with van der Waals surface area (Å²) in [7, 11) is 0. The summed E-state index contributed by atoms with van der Waals surface area (Å²) in [6, 6.07) is 4.50. The van der Waals surface area contributed by atoms with E-state index in [9.17, 15) is 41.1 Å². The largest absolute Gasteiger partial charge is 0.444 e. The van der Waals surface area contributed by atoms with Gasteiger partial charge < -0.3 is 20.0 Å². The van der Waals surface area contributed by atoms with E-state index in [1.54, 1.807) is 6.07 Å². The number of pyridine rings is 1. The Labute approximate surface area is 301 Å². The van der Waals surface area contributed by atoms with Crippen molar-refractivity contribution in [3.63, 3.8) is 0 Å². The third-order valence-electron chi connectivity index (χ3n) is 9.40. The molecule has 3 aromatic heterocycles. The standard InChI is InChI=1S/C34H31F6N9O5/c35-21-10-17(9-19-13-48(33(53)27(19)21)24-1-2-26(50)45-31(24)52)12-47-7-4-20(5-8-47)49-14-22(28(46-49)29(36)37)43-30(51)23-15-54-32(44-23)18-3-6-41-25(11-18)42-16-34(38,39)40/h3,6,9-11,14-15,20,24,29H,1-2,4-5,7-8,12-13,16H2,(H,41,42)(H,43,51)(H,45,50,52). The molecular weight excluding hydrogens is 728 g/mol. The second-order valence-corrected chi connectivity index (χ2v) is 13.1. The summed E-state index contributed by atoms with van der Waals surface area (Å²) in [6.45, 7) is 0.0590. The van der Waals surface area contributed by atoms with Crippen molar-refractivity contribution >= 4 is 35.1 Å². The number of likely N-dealkylation sites (tertiary alicyclic amines) is 1. The van der Waals surface area contributed by atoms with Crippen molar-refractivity contribution in [1.29, 1.82) is 0 Å². The van der Waals surface area contributed by atoms with Crippen molar-refractivity contribution in [1.82, 2.24) is 34.9 Å². The van der Waals surface area contributed by atoms with Gasteiger partial charge in [0.05, 0.1) is 17.3 Å². The number of nitrogens with zero attached hydrogens (tertiary/aromatic N) is 6. The van der Waals surface area contributed by atoms with Gasteiger partial charge in [-0.1, -0.05) is 6.07 Å². The van der Waals surface area contributed by atoms with E-state index in [1.807, 2.05) is 4.90 Å². The van der Waals surface area contributed by atoms with Crippen LogP contribution in [-0.2, 0) is 22.7 Å². The van der Waals surface area contributed by atoms with Crippen LogP contribution in [0.25, 0.3) is 11.5 Å². The van der Waals surface area contributed by atoms with Crippen molar-refractivity contribution in [2.45, 2.75) is 63.5 Å². The molecule has 3 aliphatic heterocycles. The number of amides is 4.